The molecular formula is H6BaO3Ti. The van der Waals surface area contributed by atoms with E-state index in [4.69, 9.17) is 0 Å². The third-order valence-corrected chi connectivity index (χ3v) is 0. The van der Waals surface area contributed by atoms with Crippen LogP contribution >= 0.6 is 0 Å². The largest absolute Gasteiger partial charge is 0.412 e. The molecule has 2 radical (unpaired) electrons. The summed E-state index contributed by atoms with van der Waals surface area (Å²) in [4.78, 5) is 0. The number of rotatable bonds is 0. The molecule has 0 aliphatic rings. The minimum absolute atomic E-state index is 0. The van der Waals surface area contributed by atoms with Gasteiger partial charge in [-0.2, -0.15) is 0 Å². The zero-order chi connectivity index (χ0) is 0. The minimum Gasteiger partial charge on any atom is -0.412 e. The van der Waals surface area contributed by atoms with Crippen molar-refractivity contribution in [1.29, 1.82) is 0 Å². The Hall–Kier alpha value is 2.17. The average molecular weight is 239 g/mol. The van der Waals surface area contributed by atoms with Crippen molar-refractivity contribution < 1.29 is 38.1 Å². The molecule has 0 unspecified atom stereocenters. The molecular weight excluding hydrogens is 233 g/mol. The zero-order valence-corrected chi connectivity index (χ0v) is 8.71. The molecule has 0 aromatic heterocycles. The van der Waals surface area contributed by atoms with Crippen LogP contribution in [0.3, 0.4) is 0 Å². The van der Waals surface area contributed by atoms with Gasteiger partial charge in [0.1, 0.15) is 0 Å². The minimum atomic E-state index is 0. The predicted molar refractivity (Wildman–Crippen MR) is 16.6 cm³/mol. The molecule has 0 saturated carbocycles. The Kier molecular flexibility index (Phi) is 407. The van der Waals surface area contributed by atoms with E-state index in [0.717, 1.165) is 0 Å². The monoisotopic (exact) mass is 240 g/mol. The van der Waals surface area contributed by atoms with Crippen LogP contribution in [0.25, 0.3) is 0 Å². The summed E-state index contributed by atoms with van der Waals surface area (Å²) in [6.07, 6.45) is 0. The summed E-state index contributed by atoms with van der Waals surface area (Å²) < 4.78 is 0. The van der Waals surface area contributed by atoms with Crippen LogP contribution in [0.1, 0.15) is 0 Å². The van der Waals surface area contributed by atoms with Gasteiger partial charge in [0, 0.05) is 70.6 Å². The molecule has 0 rings (SSSR count). The zero-order valence-electron chi connectivity index (χ0n) is 2.71. The molecule has 6 N–H and O–H groups in total. The molecule has 0 bridgehead atoms. The van der Waals surface area contributed by atoms with E-state index in [1.807, 2.05) is 0 Å². The van der Waals surface area contributed by atoms with Gasteiger partial charge in [-0.05, 0) is 0 Å². The molecule has 0 heterocycles. The van der Waals surface area contributed by atoms with Crippen LogP contribution in [-0.4, -0.2) is 65.3 Å². The number of hydrogen-bond acceptors (Lipinski definition) is 0. The van der Waals surface area contributed by atoms with Gasteiger partial charge in [-0.3, -0.25) is 0 Å². The topological polar surface area (TPSA) is 94.5 Å². The summed E-state index contributed by atoms with van der Waals surface area (Å²) in [5.41, 5.74) is 0. The van der Waals surface area contributed by atoms with Gasteiger partial charge in [-0.1, -0.05) is 0 Å². The second kappa shape index (κ2) is 35.1. The fourth-order valence-corrected chi connectivity index (χ4v) is 0. The van der Waals surface area contributed by atoms with Crippen molar-refractivity contribution in [3.63, 3.8) is 0 Å². The van der Waals surface area contributed by atoms with Crippen molar-refractivity contribution >= 4 is 48.9 Å². The van der Waals surface area contributed by atoms with Gasteiger partial charge < -0.3 is 16.4 Å². The second-order valence-corrected chi connectivity index (χ2v) is 0. The van der Waals surface area contributed by atoms with Gasteiger partial charge in [0.15, 0.2) is 0 Å². The van der Waals surface area contributed by atoms with Crippen LogP contribution in [0.15, 0.2) is 0 Å². The second-order valence-electron chi connectivity index (χ2n) is 0. The Labute approximate surface area is 85.4 Å². The summed E-state index contributed by atoms with van der Waals surface area (Å²) >= 11 is 0. The van der Waals surface area contributed by atoms with Crippen molar-refractivity contribution in [3.05, 3.63) is 0 Å². The molecule has 30 valence electrons. The van der Waals surface area contributed by atoms with Gasteiger partial charge in [0.05, 0.1) is 0 Å². The molecule has 0 amide bonds. The van der Waals surface area contributed by atoms with Gasteiger partial charge >= 0.3 is 0 Å². The van der Waals surface area contributed by atoms with E-state index in [1.54, 1.807) is 0 Å². The van der Waals surface area contributed by atoms with E-state index >= 15 is 0 Å². The predicted octanol–water partition coefficient (Wildman–Crippen LogP) is -2.86. The van der Waals surface area contributed by atoms with E-state index in [0.29, 0.717) is 0 Å². The number of hydrogen-bond donors (Lipinski definition) is 0. The summed E-state index contributed by atoms with van der Waals surface area (Å²) in [6, 6.07) is 0. The van der Waals surface area contributed by atoms with Gasteiger partial charge in [0.25, 0.3) is 0 Å². The van der Waals surface area contributed by atoms with Gasteiger partial charge in [-0.25, -0.2) is 0 Å². The average Bonchev–Trinajstić information content (AvgIpc) is 0. The Morgan fingerprint density at radius 3 is 0.600 bits per heavy atom. The van der Waals surface area contributed by atoms with Crippen LogP contribution in [0, 0.1) is 0 Å². The molecule has 0 atom stereocenters. The molecule has 0 aromatic rings. The molecule has 5 heavy (non-hydrogen) atoms. The fourth-order valence-electron chi connectivity index (χ4n) is 0. The van der Waals surface area contributed by atoms with Crippen molar-refractivity contribution in [2.24, 2.45) is 0 Å². The Morgan fingerprint density at radius 2 is 0.600 bits per heavy atom. The summed E-state index contributed by atoms with van der Waals surface area (Å²) in [7, 11) is 0. The van der Waals surface area contributed by atoms with E-state index in [2.05, 4.69) is 0 Å². The van der Waals surface area contributed by atoms with Crippen LogP contribution in [0.4, 0.5) is 0 Å². The molecule has 0 aliphatic heterocycles. The SMILES string of the molecule is O.O.O.[Ba].[Ti]. The maximum atomic E-state index is 0. The summed E-state index contributed by atoms with van der Waals surface area (Å²) in [6.45, 7) is 0. The Balaban J connectivity index is 0. The first-order valence-corrected chi connectivity index (χ1v) is 0. The van der Waals surface area contributed by atoms with E-state index in [1.165, 1.54) is 0 Å². The van der Waals surface area contributed by atoms with Crippen molar-refractivity contribution in [1.82, 2.24) is 0 Å². The maximum Gasteiger partial charge on any atom is 0 e. The molecule has 0 fully saturated rings. The normalized spacial score (nSPS) is 0. The third-order valence-electron chi connectivity index (χ3n) is 0. The smallest absolute Gasteiger partial charge is 0 e. The van der Waals surface area contributed by atoms with Crippen LogP contribution < -0.4 is 0 Å². The molecule has 0 aromatic carbocycles. The molecule has 5 heteroatoms. The van der Waals surface area contributed by atoms with Gasteiger partial charge in [-0.15, -0.1) is 0 Å². The van der Waals surface area contributed by atoms with Crippen LogP contribution in [-0.2, 0) is 21.7 Å². The standard InChI is InChI=1S/Ba.3H2O.Ti/h;3*1H2;. The molecule has 0 aliphatic carbocycles. The molecule has 0 spiro atoms. The van der Waals surface area contributed by atoms with Crippen molar-refractivity contribution in [3.8, 4) is 0 Å². The quantitative estimate of drug-likeness (QED) is 0.407. The first-order chi connectivity index (χ1) is 0. The summed E-state index contributed by atoms with van der Waals surface area (Å²) in [5.74, 6) is 0. The van der Waals surface area contributed by atoms with E-state index in [-0.39, 0.29) is 87.0 Å². The van der Waals surface area contributed by atoms with E-state index < -0.39 is 0 Å². The molecule has 0 saturated heterocycles. The fraction of sp³-hybridized carbons (Fsp3) is 0. The van der Waals surface area contributed by atoms with Crippen molar-refractivity contribution in [2.45, 2.75) is 0 Å². The molecule has 3 nitrogen and oxygen atoms in total. The van der Waals surface area contributed by atoms with Crippen LogP contribution in [0.2, 0.25) is 0 Å². The van der Waals surface area contributed by atoms with E-state index in [9.17, 15) is 0 Å². The third kappa shape index (κ3) is 22.8. The Morgan fingerprint density at radius 1 is 0.600 bits per heavy atom. The first kappa shape index (κ1) is 58.1. The first-order valence-electron chi connectivity index (χ1n) is 0. The maximum absolute atomic E-state index is 0. The summed E-state index contributed by atoms with van der Waals surface area (Å²) in [5, 5.41) is 0. The van der Waals surface area contributed by atoms with Gasteiger partial charge in [0.2, 0.25) is 0 Å². The van der Waals surface area contributed by atoms with Crippen LogP contribution in [0.5, 0.6) is 0 Å². The van der Waals surface area contributed by atoms with Crippen molar-refractivity contribution in [2.75, 3.05) is 0 Å². The Bertz CT molecular complexity index is 6.85.